The first-order valence-corrected chi connectivity index (χ1v) is 4.25. The van der Waals surface area contributed by atoms with Crippen LogP contribution in [0.3, 0.4) is 0 Å². The minimum Gasteiger partial charge on any atom is -0.459 e. The van der Waals surface area contributed by atoms with E-state index < -0.39 is 6.29 Å². The van der Waals surface area contributed by atoms with Crippen LogP contribution in [0.4, 0.5) is 0 Å². The van der Waals surface area contributed by atoms with Gasteiger partial charge in [0.25, 0.3) is 0 Å². The second-order valence-electron chi connectivity index (χ2n) is 2.25. The lowest BCUT2D eigenvalue weighted by atomic mass is 10.4. The van der Waals surface area contributed by atoms with Gasteiger partial charge in [0.15, 0.2) is 5.76 Å². The lowest BCUT2D eigenvalue weighted by Gasteiger charge is -2.05. The van der Waals surface area contributed by atoms with Crippen LogP contribution in [0, 0.1) is 0 Å². The molecule has 0 aliphatic carbocycles. The summed E-state index contributed by atoms with van der Waals surface area (Å²) in [5.41, 5.74) is 0. The Bertz CT molecular complexity index is 234. The summed E-state index contributed by atoms with van der Waals surface area (Å²) in [7, 11) is 0. The molecule has 0 spiro atoms. The number of aliphatic hydroxyl groups excluding tert-OH is 1. The van der Waals surface area contributed by atoms with Crippen molar-refractivity contribution in [3.63, 3.8) is 0 Å². The van der Waals surface area contributed by atoms with Crippen molar-refractivity contribution in [2.75, 3.05) is 6.61 Å². The van der Waals surface area contributed by atoms with Crippen LogP contribution < -0.4 is 0 Å². The number of rotatable bonds is 4. The van der Waals surface area contributed by atoms with Crippen LogP contribution in [-0.4, -0.2) is 11.7 Å². The Morgan fingerprint density at radius 3 is 2.92 bits per heavy atom. The third-order valence-electron chi connectivity index (χ3n) is 1.38. The van der Waals surface area contributed by atoms with Crippen molar-refractivity contribution >= 4 is 11.6 Å². The van der Waals surface area contributed by atoms with Gasteiger partial charge in [0.05, 0.1) is 5.88 Å². The van der Waals surface area contributed by atoms with Crippen LogP contribution in [0.25, 0.3) is 0 Å². The van der Waals surface area contributed by atoms with E-state index in [9.17, 15) is 5.11 Å². The molecule has 1 rings (SSSR count). The fourth-order valence-corrected chi connectivity index (χ4v) is 0.983. The molecule has 0 saturated carbocycles. The topological polar surface area (TPSA) is 42.6 Å². The third-order valence-corrected chi connectivity index (χ3v) is 1.65. The maximum absolute atomic E-state index is 9.27. The highest BCUT2D eigenvalue weighted by molar-refractivity contribution is 6.16. The fraction of sp³-hybridized carbons (Fsp3) is 0.500. The molecule has 0 aliphatic heterocycles. The van der Waals surface area contributed by atoms with Gasteiger partial charge in [0.1, 0.15) is 5.76 Å². The molecule has 0 aromatic carbocycles. The van der Waals surface area contributed by atoms with Crippen molar-refractivity contribution in [3.8, 4) is 0 Å². The Kier molecular flexibility index (Phi) is 3.59. The highest BCUT2D eigenvalue weighted by atomic mass is 35.5. The van der Waals surface area contributed by atoms with E-state index in [4.69, 9.17) is 20.8 Å². The number of aliphatic hydroxyl groups is 1. The van der Waals surface area contributed by atoms with Gasteiger partial charge in [-0.15, -0.1) is 11.6 Å². The van der Waals surface area contributed by atoms with Crippen molar-refractivity contribution < 1.29 is 14.3 Å². The minimum atomic E-state index is -0.980. The third kappa shape index (κ3) is 2.24. The Morgan fingerprint density at radius 1 is 1.67 bits per heavy atom. The van der Waals surface area contributed by atoms with Crippen LogP contribution in [0.5, 0.6) is 0 Å². The highest BCUT2D eigenvalue weighted by Gasteiger charge is 2.11. The van der Waals surface area contributed by atoms with E-state index in [0.717, 1.165) is 0 Å². The molecule has 68 valence electrons. The molecule has 4 heteroatoms. The predicted octanol–water partition coefficient (Wildman–Crippen LogP) is 2.05. The second kappa shape index (κ2) is 4.50. The van der Waals surface area contributed by atoms with Crippen LogP contribution in [0.15, 0.2) is 16.5 Å². The SMILES string of the molecule is CCOC(O)c1ccc(CCl)o1. The van der Waals surface area contributed by atoms with Crippen molar-refractivity contribution in [2.45, 2.75) is 19.1 Å². The van der Waals surface area contributed by atoms with Crippen LogP contribution in [-0.2, 0) is 10.6 Å². The zero-order valence-corrected chi connectivity index (χ0v) is 7.54. The van der Waals surface area contributed by atoms with Gasteiger partial charge in [0, 0.05) is 6.61 Å². The second-order valence-corrected chi connectivity index (χ2v) is 2.51. The predicted molar refractivity (Wildman–Crippen MR) is 44.9 cm³/mol. The first kappa shape index (κ1) is 9.58. The smallest absolute Gasteiger partial charge is 0.214 e. The van der Waals surface area contributed by atoms with Gasteiger partial charge in [-0.05, 0) is 19.1 Å². The standard InChI is InChI=1S/C8H11ClO3/c1-2-11-8(10)7-4-3-6(5-9)12-7/h3-4,8,10H,2,5H2,1H3. The number of hydrogen-bond acceptors (Lipinski definition) is 3. The van der Waals surface area contributed by atoms with E-state index in [-0.39, 0.29) is 0 Å². The van der Waals surface area contributed by atoms with Gasteiger partial charge in [-0.2, -0.15) is 0 Å². The molecule has 1 aromatic rings. The zero-order valence-electron chi connectivity index (χ0n) is 6.79. The van der Waals surface area contributed by atoms with Gasteiger partial charge in [-0.25, -0.2) is 0 Å². The highest BCUT2D eigenvalue weighted by Crippen LogP contribution is 2.18. The summed E-state index contributed by atoms with van der Waals surface area (Å²) in [5.74, 6) is 1.33. The number of furan rings is 1. The number of alkyl halides is 1. The van der Waals surface area contributed by atoms with E-state index in [1.165, 1.54) is 0 Å². The molecule has 3 nitrogen and oxygen atoms in total. The van der Waals surface area contributed by atoms with Crippen molar-refractivity contribution in [1.29, 1.82) is 0 Å². The maximum atomic E-state index is 9.27. The lowest BCUT2D eigenvalue weighted by Crippen LogP contribution is -2.00. The fourth-order valence-electron chi connectivity index (χ4n) is 0.839. The van der Waals surface area contributed by atoms with Gasteiger partial charge in [-0.1, -0.05) is 0 Å². The van der Waals surface area contributed by atoms with Crippen molar-refractivity contribution in [3.05, 3.63) is 23.7 Å². The Balaban J connectivity index is 2.61. The molecular weight excluding hydrogens is 180 g/mol. The first-order valence-electron chi connectivity index (χ1n) is 3.72. The van der Waals surface area contributed by atoms with E-state index in [0.29, 0.717) is 24.0 Å². The maximum Gasteiger partial charge on any atom is 0.214 e. The van der Waals surface area contributed by atoms with E-state index >= 15 is 0 Å². The molecule has 0 saturated heterocycles. The molecule has 1 aromatic heterocycles. The molecule has 1 unspecified atom stereocenters. The molecular formula is C8H11ClO3. The first-order chi connectivity index (χ1) is 5.77. The van der Waals surface area contributed by atoms with E-state index in [1.807, 2.05) is 0 Å². The number of halogens is 1. The normalized spacial score (nSPS) is 13.2. The summed E-state index contributed by atoms with van der Waals surface area (Å²) < 4.78 is 10.0. The summed E-state index contributed by atoms with van der Waals surface area (Å²) in [6, 6.07) is 3.36. The summed E-state index contributed by atoms with van der Waals surface area (Å²) in [6.45, 7) is 2.24. The van der Waals surface area contributed by atoms with E-state index in [1.54, 1.807) is 19.1 Å². The van der Waals surface area contributed by atoms with Crippen molar-refractivity contribution in [2.24, 2.45) is 0 Å². The molecule has 1 atom stereocenters. The average molecular weight is 191 g/mol. The molecule has 1 N–H and O–H groups in total. The summed E-state index contributed by atoms with van der Waals surface area (Å²) in [4.78, 5) is 0. The molecule has 0 amide bonds. The van der Waals surface area contributed by atoms with Gasteiger partial charge in [-0.3, -0.25) is 0 Å². The summed E-state index contributed by atoms with van der Waals surface area (Å²) in [5, 5.41) is 9.27. The summed E-state index contributed by atoms with van der Waals surface area (Å²) in [6.07, 6.45) is -0.980. The van der Waals surface area contributed by atoms with Gasteiger partial charge < -0.3 is 14.3 Å². The minimum absolute atomic E-state index is 0.304. The Hall–Kier alpha value is -0.510. The molecule has 0 fully saturated rings. The zero-order chi connectivity index (χ0) is 8.97. The monoisotopic (exact) mass is 190 g/mol. The summed E-state index contributed by atoms with van der Waals surface area (Å²) >= 11 is 5.51. The largest absolute Gasteiger partial charge is 0.459 e. The van der Waals surface area contributed by atoms with Crippen LogP contribution in [0.1, 0.15) is 24.7 Å². The van der Waals surface area contributed by atoms with Gasteiger partial charge >= 0.3 is 0 Å². The van der Waals surface area contributed by atoms with Crippen LogP contribution >= 0.6 is 11.6 Å². The number of ether oxygens (including phenoxy) is 1. The molecule has 0 aliphatic rings. The Labute approximate surface area is 75.9 Å². The molecule has 0 radical (unpaired) electrons. The molecule has 12 heavy (non-hydrogen) atoms. The van der Waals surface area contributed by atoms with Gasteiger partial charge in [0.2, 0.25) is 6.29 Å². The van der Waals surface area contributed by atoms with E-state index in [2.05, 4.69) is 0 Å². The number of hydrogen-bond donors (Lipinski definition) is 1. The average Bonchev–Trinajstić information content (AvgIpc) is 2.52. The van der Waals surface area contributed by atoms with Crippen LogP contribution in [0.2, 0.25) is 0 Å². The molecule has 0 bridgehead atoms. The molecule has 1 heterocycles. The Morgan fingerprint density at radius 2 is 2.42 bits per heavy atom. The lowest BCUT2D eigenvalue weighted by molar-refractivity contribution is -0.110. The quantitative estimate of drug-likeness (QED) is 0.584. The van der Waals surface area contributed by atoms with Crippen molar-refractivity contribution in [1.82, 2.24) is 0 Å².